The van der Waals surface area contributed by atoms with E-state index in [-0.39, 0.29) is 0 Å². The standard InChI is InChI=1S/C10H21N3/c1-5-13(6-2)9-11-7-10(3,4)8-12-9/h5-8H2,1-4H3,(H,11,12). The molecule has 76 valence electrons. The topological polar surface area (TPSA) is 27.6 Å². The Morgan fingerprint density at radius 2 is 2.00 bits per heavy atom. The Kier molecular flexibility index (Phi) is 3.17. The van der Waals surface area contributed by atoms with Crippen LogP contribution < -0.4 is 5.32 Å². The van der Waals surface area contributed by atoms with E-state index in [0.717, 1.165) is 32.1 Å². The molecule has 0 spiro atoms. The van der Waals surface area contributed by atoms with Crippen LogP contribution in [0.5, 0.6) is 0 Å². The van der Waals surface area contributed by atoms with Crippen LogP contribution in [-0.2, 0) is 0 Å². The van der Waals surface area contributed by atoms with E-state index in [1.54, 1.807) is 0 Å². The highest BCUT2D eigenvalue weighted by Crippen LogP contribution is 2.17. The molecule has 0 bridgehead atoms. The molecule has 0 fully saturated rings. The number of nitrogens with zero attached hydrogens (tertiary/aromatic N) is 2. The van der Waals surface area contributed by atoms with Gasteiger partial charge in [-0.3, -0.25) is 4.99 Å². The van der Waals surface area contributed by atoms with Crippen molar-refractivity contribution in [2.24, 2.45) is 10.4 Å². The fourth-order valence-corrected chi connectivity index (χ4v) is 1.45. The van der Waals surface area contributed by atoms with Gasteiger partial charge >= 0.3 is 0 Å². The number of guanidine groups is 1. The first-order valence-electron chi connectivity index (χ1n) is 5.12. The van der Waals surface area contributed by atoms with Gasteiger partial charge in [0.25, 0.3) is 0 Å². The minimum atomic E-state index is 0.316. The lowest BCUT2D eigenvalue weighted by Crippen LogP contribution is -2.49. The summed E-state index contributed by atoms with van der Waals surface area (Å²) in [7, 11) is 0. The normalized spacial score (nSPS) is 20.5. The molecule has 0 radical (unpaired) electrons. The molecule has 0 unspecified atom stereocenters. The molecule has 1 rings (SSSR count). The third-order valence-electron chi connectivity index (χ3n) is 2.44. The zero-order valence-electron chi connectivity index (χ0n) is 9.22. The van der Waals surface area contributed by atoms with Gasteiger partial charge in [0.1, 0.15) is 0 Å². The highest BCUT2D eigenvalue weighted by atomic mass is 15.3. The highest BCUT2D eigenvalue weighted by Gasteiger charge is 2.23. The van der Waals surface area contributed by atoms with E-state index in [4.69, 9.17) is 0 Å². The molecule has 0 aromatic heterocycles. The molecule has 0 saturated heterocycles. The van der Waals surface area contributed by atoms with Gasteiger partial charge in [-0.15, -0.1) is 0 Å². The summed E-state index contributed by atoms with van der Waals surface area (Å²) in [5.74, 6) is 1.07. The van der Waals surface area contributed by atoms with Gasteiger partial charge in [0.2, 0.25) is 0 Å². The number of nitrogens with one attached hydrogen (secondary N) is 1. The SMILES string of the molecule is CCN(CC)C1=NCC(C)(C)CN1. The molecular formula is C10H21N3. The number of hydrogen-bond acceptors (Lipinski definition) is 3. The predicted molar refractivity (Wildman–Crippen MR) is 57.0 cm³/mol. The van der Waals surface area contributed by atoms with Crippen molar-refractivity contribution >= 4 is 5.96 Å². The van der Waals surface area contributed by atoms with E-state index in [1.165, 1.54) is 0 Å². The highest BCUT2D eigenvalue weighted by molar-refractivity contribution is 5.80. The van der Waals surface area contributed by atoms with Gasteiger partial charge in [-0.1, -0.05) is 13.8 Å². The third kappa shape index (κ3) is 2.61. The van der Waals surface area contributed by atoms with Crippen LogP contribution in [0.4, 0.5) is 0 Å². The molecule has 1 aliphatic heterocycles. The third-order valence-corrected chi connectivity index (χ3v) is 2.44. The number of rotatable bonds is 2. The zero-order valence-corrected chi connectivity index (χ0v) is 9.22. The molecule has 3 nitrogen and oxygen atoms in total. The van der Waals surface area contributed by atoms with Crippen molar-refractivity contribution in [2.45, 2.75) is 27.7 Å². The summed E-state index contributed by atoms with van der Waals surface area (Å²) in [6.45, 7) is 12.8. The van der Waals surface area contributed by atoms with Crippen LogP contribution in [0.3, 0.4) is 0 Å². The Labute approximate surface area is 81.2 Å². The van der Waals surface area contributed by atoms with Crippen LogP contribution in [-0.4, -0.2) is 37.0 Å². The molecule has 13 heavy (non-hydrogen) atoms. The van der Waals surface area contributed by atoms with Crippen LogP contribution in [0.1, 0.15) is 27.7 Å². The van der Waals surface area contributed by atoms with Crippen molar-refractivity contribution in [2.75, 3.05) is 26.2 Å². The maximum atomic E-state index is 4.56. The van der Waals surface area contributed by atoms with Gasteiger partial charge in [0, 0.05) is 31.6 Å². The van der Waals surface area contributed by atoms with Crippen LogP contribution in [0.15, 0.2) is 4.99 Å². The van der Waals surface area contributed by atoms with Crippen LogP contribution in [0.25, 0.3) is 0 Å². The van der Waals surface area contributed by atoms with Crippen molar-refractivity contribution in [3.05, 3.63) is 0 Å². The summed E-state index contributed by atoms with van der Waals surface area (Å²) in [5.41, 5.74) is 0.316. The first-order chi connectivity index (χ1) is 6.09. The smallest absolute Gasteiger partial charge is 0.193 e. The average molecular weight is 183 g/mol. The van der Waals surface area contributed by atoms with E-state index in [9.17, 15) is 0 Å². The monoisotopic (exact) mass is 183 g/mol. The average Bonchev–Trinajstić information content (AvgIpc) is 2.09. The fraction of sp³-hybridized carbons (Fsp3) is 0.900. The molecular weight excluding hydrogens is 162 g/mol. The van der Waals surface area contributed by atoms with Gasteiger partial charge in [-0.25, -0.2) is 0 Å². The zero-order chi connectivity index (χ0) is 9.90. The van der Waals surface area contributed by atoms with Gasteiger partial charge in [0.05, 0.1) is 0 Å². The Balaban J connectivity index is 2.58. The summed E-state index contributed by atoms with van der Waals surface area (Å²) in [6.07, 6.45) is 0. The fourth-order valence-electron chi connectivity index (χ4n) is 1.45. The summed E-state index contributed by atoms with van der Waals surface area (Å²) in [6, 6.07) is 0. The van der Waals surface area contributed by atoms with Gasteiger partial charge in [-0.05, 0) is 13.8 Å². The van der Waals surface area contributed by atoms with Crippen molar-refractivity contribution in [3.63, 3.8) is 0 Å². The van der Waals surface area contributed by atoms with Crippen molar-refractivity contribution in [3.8, 4) is 0 Å². The van der Waals surface area contributed by atoms with Crippen LogP contribution in [0, 0.1) is 5.41 Å². The Bertz CT molecular complexity index is 192. The number of aliphatic imine (C=N–C) groups is 1. The summed E-state index contributed by atoms with van der Waals surface area (Å²) < 4.78 is 0. The molecule has 1 N–H and O–H groups in total. The lowest BCUT2D eigenvalue weighted by molar-refractivity contribution is 0.333. The lowest BCUT2D eigenvalue weighted by atomic mass is 9.93. The first kappa shape index (κ1) is 10.4. The molecule has 3 heteroatoms. The molecule has 0 aromatic rings. The van der Waals surface area contributed by atoms with Crippen LogP contribution >= 0.6 is 0 Å². The molecule has 1 aliphatic rings. The van der Waals surface area contributed by atoms with Crippen LogP contribution in [0.2, 0.25) is 0 Å². The first-order valence-corrected chi connectivity index (χ1v) is 5.12. The largest absolute Gasteiger partial charge is 0.356 e. The number of hydrogen-bond donors (Lipinski definition) is 1. The van der Waals surface area contributed by atoms with Crippen molar-refractivity contribution < 1.29 is 0 Å². The van der Waals surface area contributed by atoms with E-state index in [0.29, 0.717) is 5.41 Å². The minimum absolute atomic E-state index is 0.316. The molecule has 0 amide bonds. The van der Waals surface area contributed by atoms with E-state index < -0.39 is 0 Å². The summed E-state index contributed by atoms with van der Waals surface area (Å²) in [4.78, 5) is 6.81. The van der Waals surface area contributed by atoms with Gasteiger partial charge in [0.15, 0.2) is 5.96 Å². The second kappa shape index (κ2) is 3.99. The van der Waals surface area contributed by atoms with Gasteiger partial charge < -0.3 is 10.2 Å². The predicted octanol–water partition coefficient (Wildman–Crippen LogP) is 1.31. The van der Waals surface area contributed by atoms with Crippen molar-refractivity contribution in [1.82, 2.24) is 10.2 Å². The summed E-state index contributed by atoms with van der Waals surface area (Å²) >= 11 is 0. The van der Waals surface area contributed by atoms with Gasteiger partial charge in [-0.2, -0.15) is 0 Å². The lowest BCUT2D eigenvalue weighted by Gasteiger charge is -2.33. The Hall–Kier alpha value is -0.730. The molecule has 1 heterocycles. The molecule has 0 saturated carbocycles. The van der Waals surface area contributed by atoms with E-state index >= 15 is 0 Å². The molecule has 0 aliphatic carbocycles. The second-order valence-electron chi connectivity index (χ2n) is 4.33. The minimum Gasteiger partial charge on any atom is -0.356 e. The quantitative estimate of drug-likeness (QED) is 0.699. The molecule has 0 aromatic carbocycles. The summed E-state index contributed by atoms with van der Waals surface area (Å²) in [5, 5.41) is 3.39. The van der Waals surface area contributed by atoms with Crippen molar-refractivity contribution in [1.29, 1.82) is 0 Å². The molecule has 0 atom stereocenters. The van der Waals surface area contributed by atoms with E-state index in [2.05, 4.69) is 42.9 Å². The second-order valence-corrected chi connectivity index (χ2v) is 4.33. The Morgan fingerprint density at radius 3 is 2.38 bits per heavy atom. The van der Waals surface area contributed by atoms with E-state index in [1.807, 2.05) is 0 Å². The maximum Gasteiger partial charge on any atom is 0.193 e. The maximum absolute atomic E-state index is 4.56. The Morgan fingerprint density at radius 1 is 1.38 bits per heavy atom.